The average molecular weight is 448 g/mol. The number of aliphatic hydroxyl groups is 1. The average Bonchev–Trinajstić information content (AvgIpc) is 3.33. The van der Waals surface area contributed by atoms with Crippen molar-refractivity contribution in [2.75, 3.05) is 4.90 Å². The standard InChI is InChI=1S/C23H14ClN3O3S/c24-14-10-8-13(9-11-14)20(28)18-19(16-6-3-4-12-25-16)27(22(30)21(18)29)23-26-15-5-1-2-7-17(15)31-23/h1-12,19,28H/t19-/m0/s1. The molecular formula is C23H14ClN3O3S. The number of carbonyl (C=O) groups is 2. The first-order valence-corrected chi connectivity index (χ1v) is 10.6. The minimum Gasteiger partial charge on any atom is -0.507 e. The number of amides is 1. The van der Waals surface area contributed by atoms with Gasteiger partial charge < -0.3 is 5.11 Å². The summed E-state index contributed by atoms with van der Waals surface area (Å²) in [5, 5.41) is 11.9. The monoisotopic (exact) mass is 447 g/mol. The summed E-state index contributed by atoms with van der Waals surface area (Å²) in [6, 6.07) is 18.2. The van der Waals surface area contributed by atoms with Gasteiger partial charge in [-0.3, -0.25) is 19.5 Å². The van der Waals surface area contributed by atoms with Crippen molar-refractivity contribution in [3.8, 4) is 0 Å². The fourth-order valence-corrected chi connectivity index (χ4v) is 4.69. The molecule has 0 spiro atoms. The SMILES string of the molecule is O=C1C(=O)N(c2nc3ccccc3s2)[C@@H](c2ccccn2)C1=C(O)c1ccc(Cl)cc1. The molecule has 8 heteroatoms. The zero-order valence-corrected chi connectivity index (χ0v) is 17.5. The van der Waals surface area contributed by atoms with Crippen LogP contribution in [0.4, 0.5) is 5.13 Å². The van der Waals surface area contributed by atoms with Gasteiger partial charge in [0, 0.05) is 16.8 Å². The zero-order chi connectivity index (χ0) is 21.5. The maximum absolute atomic E-state index is 13.1. The quantitative estimate of drug-likeness (QED) is 0.272. The molecular weight excluding hydrogens is 434 g/mol. The summed E-state index contributed by atoms with van der Waals surface area (Å²) >= 11 is 7.25. The Hall–Kier alpha value is -3.55. The number of Topliss-reactive ketones (excluding diaryl/α,β-unsaturated/α-hetero) is 1. The Morgan fingerprint density at radius 1 is 1.00 bits per heavy atom. The molecule has 1 fully saturated rings. The Morgan fingerprint density at radius 3 is 2.45 bits per heavy atom. The van der Waals surface area contributed by atoms with E-state index in [2.05, 4.69) is 9.97 Å². The van der Waals surface area contributed by atoms with E-state index in [4.69, 9.17) is 11.6 Å². The van der Waals surface area contributed by atoms with E-state index < -0.39 is 17.7 Å². The molecule has 1 aliphatic rings. The molecule has 1 aliphatic heterocycles. The number of nitrogens with zero attached hydrogens (tertiary/aromatic N) is 3. The first kappa shape index (κ1) is 19.4. The summed E-state index contributed by atoms with van der Waals surface area (Å²) in [7, 11) is 0. The number of para-hydroxylation sites is 1. The number of aliphatic hydroxyl groups excluding tert-OH is 1. The van der Waals surface area contributed by atoms with Gasteiger partial charge in [-0.2, -0.15) is 0 Å². The Kier molecular flexibility index (Phi) is 4.77. The van der Waals surface area contributed by atoms with Gasteiger partial charge in [0.15, 0.2) is 5.13 Å². The van der Waals surface area contributed by atoms with Crippen LogP contribution in [0, 0.1) is 0 Å². The molecule has 0 bridgehead atoms. The number of carbonyl (C=O) groups excluding carboxylic acids is 2. The lowest BCUT2D eigenvalue weighted by Crippen LogP contribution is -2.29. The third kappa shape index (κ3) is 3.28. The highest BCUT2D eigenvalue weighted by molar-refractivity contribution is 7.22. The van der Waals surface area contributed by atoms with Crippen LogP contribution in [0.5, 0.6) is 0 Å². The van der Waals surface area contributed by atoms with Crippen LogP contribution < -0.4 is 4.90 Å². The second-order valence-corrected chi connectivity index (χ2v) is 8.34. The first-order valence-electron chi connectivity index (χ1n) is 9.38. The van der Waals surface area contributed by atoms with E-state index in [-0.39, 0.29) is 11.3 Å². The molecule has 31 heavy (non-hydrogen) atoms. The van der Waals surface area contributed by atoms with Gasteiger partial charge in [-0.05, 0) is 48.5 Å². The van der Waals surface area contributed by atoms with Crippen LogP contribution in [0.15, 0.2) is 78.5 Å². The molecule has 152 valence electrons. The molecule has 5 rings (SSSR count). The molecule has 0 aliphatic carbocycles. The van der Waals surface area contributed by atoms with Gasteiger partial charge in [0.05, 0.1) is 21.5 Å². The minimum atomic E-state index is -0.905. The largest absolute Gasteiger partial charge is 0.507 e. The Balaban J connectivity index is 1.73. The van der Waals surface area contributed by atoms with Crippen molar-refractivity contribution >= 4 is 55.7 Å². The number of thiazole rings is 1. The van der Waals surface area contributed by atoms with Gasteiger partial charge >= 0.3 is 5.91 Å². The predicted molar refractivity (Wildman–Crippen MR) is 120 cm³/mol. The predicted octanol–water partition coefficient (Wildman–Crippen LogP) is 4.97. The van der Waals surface area contributed by atoms with Crippen molar-refractivity contribution in [2.45, 2.75) is 6.04 Å². The van der Waals surface area contributed by atoms with Crippen LogP contribution >= 0.6 is 22.9 Å². The number of aromatic nitrogens is 2. The molecule has 1 N–H and O–H groups in total. The van der Waals surface area contributed by atoms with Crippen molar-refractivity contribution in [1.29, 1.82) is 0 Å². The van der Waals surface area contributed by atoms with Crippen molar-refractivity contribution in [1.82, 2.24) is 9.97 Å². The second kappa shape index (κ2) is 7.61. The highest BCUT2D eigenvalue weighted by atomic mass is 35.5. The molecule has 4 aromatic rings. The molecule has 0 saturated carbocycles. The number of halogens is 1. The highest BCUT2D eigenvalue weighted by Crippen LogP contribution is 2.43. The summed E-state index contributed by atoms with van der Waals surface area (Å²) < 4.78 is 0.886. The number of fused-ring (bicyclic) bond motifs is 1. The molecule has 0 radical (unpaired) electrons. The fraction of sp³-hybridized carbons (Fsp3) is 0.0435. The summed E-state index contributed by atoms with van der Waals surface area (Å²) in [6.07, 6.45) is 1.58. The smallest absolute Gasteiger partial charge is 0.301 e. The summed E-state index contributed by atoms with van der Waals surface area (Å²) in [5.41, 5.74) is 1.52. The first-order chi connectivity index (χ1) is 15.0. The van der Waals surface area contributed by atoms with Crippen molar-refractivity contribution in [3.63, 3.8) is 0 Å². The Bertz CT molecular complexity index is 1320. The third-order valence-corrected chi connectivity index (χ3v) is 6.31. The lowest BCUT2D eigenvalue weighted by Gasteiger charge is -2.21. The third-order valence-electron chi connectivity index (χ3n) is 5.02. The van der Waals surface area contributed by atoms with Crippen LogP contribution in [0.3, 0.4) is 0 Å². The molecule has 1 atom stereocenters. The number of hydrogen-bond acceptors (Lipinski definition) is 6. The van der Waals surface area contributed by atoms with Gasteiger partial charge in [0.25, 0.3) is 5.78 Å². The number of pyridine rings is 1. The van der Waals surface area contributed by atoms with E-state index in [1.807, 2.05) is 24.3 Å². The molecule has 0 unspecified atom stereocenters. The van der Waals surface area contributed by atoms with E-state index >= 15 is 0 Å². The lowest BCUT2D eigenvalue weighted by atomic mass is 9.98. The zero-order valence-electron chi connectivity index (χ0n) is 15.9. The van der Waals surface area contributed by atoms with E-state index in [1.165, 1.54) is 16.2 Å². The number of benzene rings is 2. The highest BCUT2D eigenvalue weighted by Gasteiger charge is 2.48. The van der Waals surface area contributed by atoms with Crippen molar-refractivity contribution in [2.24, 2.45) is 0 Å². The van der Waals surface area contributed by atoms with Crippen molar-refractivity contribution in [3.05, 3.63) is 94.8 Å². The normalized spacial score (nSPS) is 18.1. The van der Waals surface area contributed by atoms with E-state index in [0.29, 0.717) is 21.4 Å². The van der Waals surface area contributed by atoms with Gasteiger partial charge in [-0.1, -0.05) is 41.1 Å². The maximum Gasteiger partial charge on any atom is 0.301 e. The van der Waals surface area contributed by atoms with Gasteiger partial charge in [-0.25, -0.2) is 4.98 Å². The topological polar surface area (TPSA) is 83.4 Å². The molecule has 3 heterocycles. The van der Waals surface area contributed by atoms with Crippen LogP contribution in [-0.4, -0.2) is 26.8 Å². The molecule has 1 amide bonds. The van der Waals surface area contributed by atoms with Gasteiger partial charge in [0.2, 0.25) is 0 Å². The molecule has 2 aromatic heterocycles. The van der Waals surface area contributed by atoms with E-state index in [1.54, 1.807) is 48.7 Å². The maximum atomic E-state index is 13.1. The van der Waals surface area contributed by atoms with Gasteiger partial charge in [-0.15, -0.1) is 0 Å². The second-order valence-electron chi connectivity index (χ2n) is 6.89. The Morgan fingerprint density at radius 2 is 1.74 bits per heavy atom. The summed E-state index contributed by atoms with van der Waals surface area (Å²) in [6.45, 7) is 0. The molecule has 2 aromatic carbocycles. The van der Waals surface area contributed by atoms with Crippen LogP contribution in [0.1, 0.15) is 17.3 Å². The van der Waals surface area contributed by atoms with Gasteiger partial charge in [0.1, 0.15) is 11.8 Å². The van der Waals surface area contributed by atoms with Crippen molar-refractivity contribution < 1.29 is 14.7 Å². The summed E-state index contributed by atoms with van der Waals surface area (Å²) in [4.78, 5) is 36.4. The van der Waals surface area contributed by atoms with Crippen LogP contribution in [0.25, 0.3) is 16.0 Å². The van der Waals surface area contributed by atoms with Crippen LogP contribution in [-0.2, 0) is 9.59 Å². The van der Waals surface area contributed by atoms with Crippen LogP contribution in [0.2, 0.25) is 5.02 Å². The fourth-order valence-electron chi connectivity index (χ4n) is 3.57. The van der Waals surface area contributed by atoms with E-state index in [0.717, 1.165) is 10.2 Å². The molecule has 1 saturated heterocycles. The molecule has 6 nitrogen and oxygen atoms in total. The lowest BCUT2D eigenvalue weighted by molar-refractivity contribution is -0.132. The Labute approximate surface area is 186 Å². The summed E-state index contributed by atoms with van der Waals surface area (Å²) in [5.74, 6) is -1.83. The number of ketones is 1. The minimum absolute atomic E-state index is 0.0368. The number of rotatable bonds is 3. The number of hydrogen-bond donors (Lipinski definition) is 1. The van der Waals surface area contributed by atoms with E-state index in [9.17, 15) is 14.7 Å². The number of anilines is 1.